The number of carbonyl (C=O) groups is 2. The van der Waals surface area contributed by atoms with Crippen LogP contribution in [0.4, 0.5) is 5.00 Å². The predicted octanol–water partition coefficient (Wildman–Crippen LogP) is 2.91. The molecule has 0 unspecified atom stereocenters. The van der Waals surface area contributed by atoms with Crippen molar-refractivity contribution in [3.63, 3.8) is 0 Å². The van der Waals surface area contributed by atoms with Crippen molar-refractivity contribution < 1.29 is 19.4 Å². The lowest BCUT2D eigenvalue weighted by molar-refractivity contribution is -0.130. The number of halogens is 2. The zero-order valence-corrected chi connectivity index (χ0v) is 13.2. The predicted molar refractivity (Wildman–Crippen MR) is 78.0 cm³/mol. The lowest BCUT2D eigenvalue weighted by Crippen LogP contribution is -2.23. The van der Waals surface area contributed by atoms with Crippen molar-refractivity contribution in [1.29, 1.82) is 0 Å². The number of esters is 1. The number of aliphatic carboxylic acids is 1. The van der Waals surface area contributed by atoms with Gasteiger partial charge in [0.1, 0.15) is 26.4 Å². The highest BCUT2D eigenvalue weighted by molar-refractivity contribution is 7.17. The number of carboxylic acids is 1. The van der Waals surface area contributed by atoms with Crippen LogP contribution in [-0.2, 0) is 9.53 Å². The number of hydrogen-bond acceptors (Lipinski definition) is 6. The summed E-state index contributed by atoms with van der Waals surface area (Å²) in [4.78, 5) is 26.7. The van der Waals surface area contributed by atoms with E-state index in [0.717, 1.165) is 11.3 Å². The second-order valence-electron chi connectivity index (χ2n) is 4.67. The maximum atomic E-state index is 11.8. The zero-order valence-electron chi connectivity index (χ0n) is 10.9. The number of aromatic nitrogens is 1. The Labute approximate surface area is 129 Å². The number of nitrogens with two attached hydrogens (primary N) is 1. The van der Waals surface area contributed by atoms with Crippen LogP contribution < -0.4 is 5.73 Å². The Morgan fingerprint density at radius 3 is 2.30 bits per heavy atom. The Kier molecular flexibility index (Phi) is 5.01. The van der Waals surface area contributed by atoms with Gasteiger partial charge in [-0.15, -0.1) is 0 Å². The first-order valence-electron chi connectivity index (χ1n) is 5.31. The Morgan fingerprint density at radius 2 is 1.90 bits per heavy atom. The number of ether oxygens (including phenoxy) is 1. The number of nitrogen functional groups attached to an aromatic ring is 1. The van der Waals surface area contributed by atoms with Gasteiger partial charge >= 0.3 is 11.9 Å². The molecule has 0 atom stereocenters. The fourth-order valence-corrected chi connectivity index (χ4v) is 2.25. The van der Waals surface area contributed by atoms with Gasteiger partial charge in [-0.1, -0.05) is 34.5 Å². The lowest BCUT2D eigenvalue weighted by Gasteiger charge is -2.18. The van der Waals surface area contributed by atoms with E-state index in [-0.39, 0.29) is 15.7 Å². The highest BCUT2D eigenvalue weighted by Crippen LogP contribution is 2.32. The summed E-state index contributed by atoms with van der Waals surface area (Å²) in [6, 6.07) is 0. The van der Waals surface area contributed by atoms with Crippen LogP contribution in [0.25, 0.3) is 5.57 Å². The number of hydrogen-bond donors (Lipinski definition) is 2. The lowest BCUT2D eigenvalue weighted by atomic mass is 10.2. The van der Waals surface area contributed by atoms with Crippen LogP contribution in [0.2, 0.25) is 0 Å². The van der Waals surface area contributed by atoms with E-state index in [9.17, 15) is 9.59 Å². The smallest absolute Gasteiger partial charge is 0.368 e. The van der Waals surface area contributed by atoms with Crippen LogP contribution in [0.3, 0.4) is 0 Å². The molecule has 0 spiro atoms. The number of carbonyl (C=O) groups excluding carboxylic acids is 1. The molecule has 3 N–H and O–H groups in total. The first-order chi connectivity index (χ1) is 9.03. The van der Waals surface area contributed by atoms with Crippen molar-refractivity contribution in [3.8, 4) is 0 Å². The molecule has 20 heavy (non-hydrogen) atoms. The van der Waals surface area contributed by atoms with Gasteiger partial charge in [0.15, 0.2) is 0 Å². The quantitative estimate of drug-likeness (QED) is 0.648. The SMILES string of the molecule is CC(C)(C)OC(=O)c1nc(C(C(=O)O)=C(Cl)Cl)c(N)s1. The van der Waals surface area contributed by atoms with E-state index in [4.69, 9.17) is 38.8 Å². The van der Waals surface area contributed by atoms with Crippen molar-refractivity contribution in [2.24, 2.45) is 0 Å². The fraction of sp³-hybridized carbons (Fsp3) is 0.364. The van der Waals surface area contributed by atoms with Crippen LogP contribution in [0.15, 0.2) is 4.49 Å². The van der Waals surface area contributed by atoms with Gasteiger partial charge in [-0.05, 0) is 20.8 Å². The van der Waals surface area contributed by atoms with Gasteiger partial charge in [0.25, 0.3) is 0 Å². The number of rotatable bonds is 3. The number of nitrogens with zero attached hydrogens (tertiary/aromatic N) is 1. The van der Waals surface area contributed by atoms with E-state index < -0.39 is 27.6 Å². The molecule has 0 aliphatic carbocycles. The van der Waals surface area contributed by atoms with E-state index in [0.29, 0.717) is 0 Å². The summed E-state index contributed by atoms with van der Waals surface area (Å²) >= 11 is 11.8. The summed E-state index contributed by atoms with van der Waals surface area (Å²) in [6.45, 7) is 5.09. The molecule has 0 aromatic carbocycles. The largest absolute Gasteiger partial charge is 0.478 e. The Morgan fingerprint density at radius 1 is 1.35 bits per heavy atom. The molecule has 0 aliphatic rings. The Balaban J connectivity index is 3.20. The maximum Gasteiger partial charge on any atom is 0.368 e. The molecule has 0 fully saturated rings. The summed E-state index contributed by atoms with van der Waals surface area (Å²) in [5.74, 6) is -2.09. The van der Waals surface area contributed by atoms with Gasteiger partial charge in [-0.2, -0.15) is 0 Å². The topological polar surface area (TPSA) is 103 Å². The average molecular weight is 339 g/mol. The molecule has 1 aromatic heterocycles. The van der Waals surface area contributed by atoms with E-state index in [1.807, 2.05) is 0 Å². The van der Waals surface area contributed by atoms with Crippen molar-refractivity contribution in [3.05, 3.63) is 15.2 Å². The van der Waals surface area contributed by atoms with Gasteiger partial charge in [0, 0.05) is 0 Å². The molecule has 1 heterocycles. The summed E-state index contributed by atoms with van der Waals surface area (Å²) in [5, 5.41) is 8.97. The normalized spacial score (nSPS) is 11.1. The van der Waals surface area contributed by atoms with Crippen molar-refractivity contribution in [2.45, 2.75) is 26.4 Å². The Bertz CT molecular complexity index is 586. The summed E-state index contributed by atoms with van der Waals surface area (Å²) < 4.78 is 4.62. The molecular weight excluding hydrogens is 327 g/mol. The highest BCUT2D eigenvalue weighted by atomic mass is 35.5. The first-order valence-corrected chi connectivity index (χ1v) is 6.88. The summed E-state index contributed by atoms with van der Waals surface area (Å²) in [6.07, 6.45) is 0. The monoisotopic (exact) mass is 338 g/mol. The van der Waals surface area contributed by atoms with Crippen molar-refractivity contribution in [2.75, 3.05) is 5.73 Å². The van der Waals surface area contributed by atoms with E-state index >= 15 is 0 Å². The van der Waals surface area contributed by atoms with Crippen LogP contribution in [0.1, 0.15) is 36.3 Å². The fourth-order valence-electron chi connectivity index (χ4n) is 1.19. The van der Waals surface area contributed by atoms with Crippen LogP contribution in [0, 0.1) is 0 Å². The molecule has 110 valence electrons. The third-order valence-electron chi connectivity index (χ3n) is 1.87. The summed E-state index contributed by atoms with van der Waals surface area (Å²) in [7, 11) is 0. The molecule has 0 saturated heterocycles. The standard InChI is InChI=1S/C11H12Cl2N2O4S/c1-11(2,3)19-10(18)8-15-5(7(14)20-8)4(6(12)13)9(16)17/h14H2,1-3H3,(H,16,17). The molecule has 0 bridgehead atoms. The zero-order chi connectivity index (χ0) is 15.7. The van der Waals surface area contributed by atoms with Crippen LogP contribution in [0.5, 0.6) is 0 Å². The van der Waals surface area contributed by atoms with Gasteiger partial charge in [0.05, 0.1) is 0 Å². The first kappa shape index (κ1) is 16.7. The van der Waals surface area contributed by atoms with E-state index in [2.05, 4.69) is 4.98 Å². The Hall–Kier alpha value is -1.31. The average Bonchev–Trinajstić information content (AvgIpc) is 2.57. The number of carboxylic acid groups (broad SMARTS) is 1. The molecule has 0 radical (unpaired) electrons. The van der Waals surface area contributed by atoms with E-state index in [1.165, 1.54) is 0 Å². The number of thiazole rings is 1. The van der Waals surface area contributed by atoms with Gasteiger partial charge in [-0.3, -0.25) is 0 Å². The third-order valence-corrected chi connectivity index (χ3v) is 3.11. The molecule has 9 heteroatoms. The molecule has 1 rings (SSSR count). The van der Waals surface area contributed by atoms with Gasteiger partial charge < -0.3 is 15.6 Å². The van der Waals surface area contributed by atoms with Crippen LogP contribution >= 0.6 is 34.5 Å². The van der Waals surface area contributed by atoms with Crippen LogP contribution in [-0.4, -0.2) is 27.6 Å². The number of anilines is 1. The molecule has 0 amide bonds. The second kappa shape index (κ2) is 5.99. The second-order valence-corrected chi connectivity index (χ2v) is 6.65. The summed E-state index contributed by atoms with van der Waals surface area (Å²) in [5.41, 5.74) is 4.34. The molecule has 6 nitrogen and oxygen atoms in total. The third kappa shape index (κ3) is 4.09. The minimum Gasteiger partial charge on any atom is -0.478 e. The minimum absolute atomic E-state index is 0.0158. The molecular formula is C11H12Cl2N2O4S. The van der Waals surface area contributed by atoms with Crippen molar-refractivity contribution in [1.82, 2.24) is 4.98 Å². The molecule has 0 aliphatic heterocycles. The maximum absolute atomic E-state index is 11.8. The van der Waals surface area contributed by atoms with E-state index in [1.54, 1.807) is 20.8 Å². The van der Waals surface area contributed by atoms with Gasteiger partial charge in [-0.25, -0.2) is 14.6 Å². The van der Waals surface area contributed by atoms with Gasteiger partial charge in [0.2, 0.25) is 5.01 Å². The van der Waals surface area contributed by atoms with Crippen molar-refractivity contribution >= 4 is 57.1 Å². The highest BCUT2D eigenvalue weighted by Gasteiger charge is 2.26. The molecule has 1 aromatic rings. The minimum atomic E-state index is -1.39. The molecule has 0 saturated carbocycles.